The lowest BCUT2D eigenvalue weighted by Gasteiger charge is -2.27. The molecule has 0 saturated heterocycles. The van der Waals surface area contributed by atoms with Gasteiger partial charge in [-0.2, -0.15) is 11.8 Å². The Labute approximate surface area is 114 Å². The van der Waals surface area contributed by atoms with Crippen molar-refractivity contribution in [1.82, 2.24) is 0 Å². The fraction of sp³-hybridized carbons (Fsp3) is 0.917. The van der Waals surface area contributed by atoms with Gasteiger partial charge in [-0.1, -0.05) is 0 Å². The van der Waals surface area contributed by atoms with E-state index in [0.717, 1.165) is 11.7 Å². The first-order chi connectivity index (χ1) is 8.28. The lowest BCUT2D eigenvalue weighted by atomic mass is 10.4. The molecule has 1 aliphatic carbocycles. The Kier molecular flexibility index (Phi) is 6.27. The standard InChI is InChI=1S/C12H23F2NOSSi/c1-9(17-8-10-5-6-10)12(15-7-11(13)14)16-18(2,3)4/h7,9-12H,5-6,8H2,1-4H3. The predicted molar refractivity (Wildman–Crippen MR) is 77.4 cm³/mol. The summed E-state index contributed by atoms with van der Waals surface area (Å²) in [6.45, 7) is 8.17. The maximum absolute atomic E-state index is 12.2. The van der Waals surface area contributed by atoms with Gasteiger partial charge in [0, 0.05) is 5.25 Å². The third kappa shape index (κ3) is 7.48. The van der Waals surface area contributed by atoms with Crippen molar-refractivity contribution in [3.05, 3.63) is 0 Å². The molecule has 0 spiro atoms. The zero-order valence-electron chi connectivity index (χ0n) is 11.5. The van der Waals surface area contributed by atoms with Crippen molar-refractivity contribution in [2.24, 2.45) is 10.9 Å². The summed E-state index contributed by atoms with van der Waals surface area (Å²) in [6, 6.07) is 0. The Bertz CT molecular complexity index is 280. The van der Waals surface area contributed by atoms with Crippen LogP contribution in [0.15, 0.2) is 4.99 Å². The van der Waals surface area contributed by atoms with Gasteiger partial charge in [-0.05, 0) is 51.1 Å². The molecular formula is C12H23F2NOSSi. The first-order valence-electron chi connectivity index (χ1n) is 6.39. The zero-order chi connectivity index (χ0) is 13.8. The molecule has 2 unspecified atom stereocenters. The molecule has 1 fully saturated rings. The van der Waals surface area contributed by atoms with Crippen LogP contribution in [0.1, 0.15) is 19.8 Å². The van der Waals surface area contributed by atoms with E-state index in [1.165, 1.54) is 12.8 Å². The van der Waals surface area contributed by atoms with Gasteiger partial charge in [0.15, 0.2) is 8.32 Å². The highest BCUT2D eigenvalue weighted by molar-refractivity contribution is 7.99. The summed E-state index contributed by atoms with van der Waals surface area (Å²) < 4.78 is 30.3. The largest absolute Gasteiger partial charge is 0.396 e. The number of rotatable bonds is 8. The molecule has 0 aromatic rings. The minimum Gasteiger partial charge on any atom is -0.396 e. The SMILES string of the molecule is CC(SCC1CC1)C(N=CC(F)F)O[Si](C)(C)C. The van der Waals surface area contributed by atoms with Gasteiger partial charge in [-0.3, -0.25) is 4.99 Å². The lowest BCUT2D eigenvalue weighted by Crippen LogP contribution is -2.36. The minimum atomic E-state index is -2.50. The second-order valence-corrected chi connectivity index (χ2v) is 11.6. The molecule has 0 amide bonds. The van der Waals surface area contributed by atoms with Gasteiger partial charge in [0.1, 0.15) is 6.23 Å². The Hall–Kier alpha value is 0.0569. The average Bonchev–Trinajstić information content (AvgIpc) is 3.02. The van der Waals surface area contributed by atoms with Crippen molar-refractivity contribution >= 4 is 26.3 Å². The van der Waals surface area contributed by atoms with Gasteiger partial charge in [0.2, 0.25) is 0 Å². The molecule has 0 heterocycles. The lowest BCUT2D eigenvalue weighted by molar-refractivity contribution is 0.197. The zero-order valence-corrected chi connectivity index (χ0v) is 13.3. The van der Waals surface area contributed by atoms with Crippen LogP contribution in [0.2, 0.25) is 19.6 Å². The van der Waals surface area contributed by atoms with Crippen LogP contribution in [0.25, 0.3) is 0 Å². The monoisotopic (exact) mass is 295 g/mol. The summed E-state index contributed by atoms with van der Waals surface area (Å²) in [6.07, 6.45) is 0.380. The Morgan fingerprint density at radius 3 is 2.44 bits per heavy atom. The maximum atomic E-state index is 12.2. The molecule has 0 aromatic carbocycles. The summed E-state index contributed by atoms with van der Waals surface area (Å²) in [5, 5.41) is 0.132. The van der Waals surface area contributed by atoms with E-state index in [0.29, 0.717) is 6.21 Å². The molecular weight excluding hydrogens is 272 g/mol. The van der Waals surface area contributed by atoms with E-state index in [2.05, 4.69) is 24.6 Å². The number of hydrogen-bond acceptors (Lipinski definition) is 3. The molecule has 1 saturated carbocycles. The first-order valence-corrected chi connectivity index (χ1v) is 10.8. The van der Waals surface area contributed by atoms with Crippen molar-refractivity contribution in [1.29, 1.82) is 0 Å². The fourth-order valence-electron chi connectivity index (χ4n) is 1.41. The quantitative estimate of drug-likeness (QED) is 0.498. The summed E-state index contributed by atoms with van der Waals surface area (Å²) >= 11 is 1.79. The number of hydrogen-bond donors (Lipinski definition) is 0. The van der Waals surface area contributed by atoms with Gasteiger partial charge < -0.3 is 4.43 Å². The van der Waals surface area contributed by atoms with Crippen molar-refractivity contribution in [3.63, 3.8) is 0 Å². The highest BCUT2D eigenvalue weighted by atomic mass is 32.2. The summed E-state index contributed by atoms with van der Waals surface area (Å²) in [5.41, 5.74) is 0. The molecule has 2 atom stereocenters. The molecule has 0 aliphatic heterocycles. The summed E-state index contributed by atoms with van der Waals surface area (Å²) in [7, 11) is -1.77. The Morgan fingerprint density at radius 2 is 2.00 bits per heavy atom. The molecule has 2 nitrogen and oxygen atoms in total. The minimum absolute atomic E-state index is 0.132. The topological polar surface area (TPSA) is 21.6 Å². The van der Waals surface area contributed by atoms with Crippen molar-refractivity contribution in [3.8, 4) is 0 Å². The van der Waals surface area contributed by atoms with Crippen LogP contribution in [-0.4, -0.2) is 38.2 Å². The van der Waals surface area contributed by atoms with E-state index in [1.807, 2.05) is 6.92 Å². The van der Waals surface area contributed by atoms with Gasteiger partial charge in [-0.25, -0.2) is 8.78 Å². The van der Waals surface area contributed by atoms with Crippen molar-refractivity contribution in [2.75, 3.05) is 5.75 Å². The predicted octanol–water partition coefficient (Wildman–Crippen LogP) is 4.03. The second-order valence-electron chi connectivity index (χ2n) is 5.74. The number of thioether (sulfide) groups is 1. The number of aliphatic imine (C=N–C) groups is 1. The second kappa shape index (κ2) is 7.00. The molecule has 0 bridgehead atoms. The van der Waals surface area contributed by atoms with Crippen molar-refractivity contribution < 1.29 is 13.2 Å². The molecule has 1 rings (SSSR count). The van der Waals surface area contributed by atoms with Crippen LogP contribution in [0.3, 0.4) is 0 Å². The average molecular weight is 295 g/mol. The van der Waals surface area contributed by atoms with Crippen LogP contribution >= 0.6 is 11.8 Å². The van der Waals surface area contributed by atoms with E-state index >= 15 is 0 Å². The normalized spacial score (nSPS) is 20.6. The fourth-order valence-corrected chi connectivity index (χ4v) is 3.70. The third-order valence-electron chi connectivity index (χ3n) is 2.51. The van der Waals surface area contributed by atoms with Gasteiger partial charge >= 0.3 is 0 Å². The first kappa shape index (κ1) is 16.1. The van der Waals surface area contributed by atoms with E-state index in [1.54, 1.807) is 11.8 Å². The molecule has 0 aromatic heterocycles. The van der Waals surface area contributed by atoms with E-state index in [4.69, 9.17) is 4.43 Å². The smallest absolute Gasteiger partial charge is 0.273 e. The molecule has 106 valence electrons. The number of halogens is 2. The van der Waals surface area contributed by atoms with E-state index in [9.17, 15) is 8.78 Å². The van der Waals surface area contributed by atoms with Crippen LogP contribution in [0.5, 0.6) is 0 Å². The summed E-state index contributed by atoms with van der Waals surface area (Å²) in [5.74, 6) is 1.92. The Balaban J connectivity index is 2.50. The van der Waals surface area contributed by atoms with Gasteiger partial charge in [0.25, 0.3) is 6.43 Å². The van der Waals surface area contributed by atoms with Crippen LogP contribution in [0, 0.1) is 5.92 Å². The van der Waals surface area contributed by atoms with Crippen LogP contribution < -0.4 is 0 Å². The molecule has 18 heavy (non-hydrogen) atoms. The van der Waals surface area contributed by atoms with Gasteiger partial charge in [0.05, 0.1) is 6.21 Å². The van der Waals surface area contributed by atoms with E-state index < -0.39 is 21.0 Å². The number of nitrogens with zero attached hydrogens (tertiary/aromatic N) is 1. The number of alkyl halides is 2. The Morgan fingerprint density at radius 1 is 1.39 bits per heavy atom. The highest BCUT2D eigenvalue weighted by Crippen LogP contribution is 2.35. The molecule has 0 N–H and O–H groups in total. The van der Waals surface area contributed by atoms with Crippen LogP contribution in [-0.2, 0) is 4.43 Å². The van der Waals surface area contributed by atoms with Crippen LogP contribution in [0.4, 0.5) is 8.78 Å². The maximum Gasteiger partial charge on any atom is 0.273 e. The van der Waals surface area contributed by atoms with E-state index in [-0.39, 0.29) is 5.25 Å². The van der Waals surface area contributed by atoms with Crippen molar-refractivity contribution in [2.45, 2.75) is 57.3 Å². The van der Waals surface area contributed by atoms with Gasteiger partial charge in [-0.15, -0.1) is 0 Å². The summed E-state index contributed by atoms with van der Waals surface area (Å²) in [4.78, 5) is 3.92. The molecule has 6 heteroatoms. The third-order valence-corrected chi connectivity index (χ3v) is 4.88. The highest BCUT2D eigenvalue weighted by Gasteiger charge is 2.28. The molecule has 0 radical (unpaired) electrons. The molecule has 1 aliphatic rings.